The van der Waals surface area contributed by atoms with Gasteiger partial charge in [0.1, 0.15) is 5.54 Å². The number of halogens is 1. The molecule has 0 fully saturated rings. The molecular weight excluding hydrogens is 296 g/mol. The SMILES string of the molecule is Cc1cc(C)cc(N(C)C(=O)C(C)(N)c2ccccc2)c1.Cl. The first-order chi connectivity index (χ1) is 9.82. The summed E-state index contributed by atoms with van der Waals surface area (Å²) in [6.07, 6.45) is 0. The Kier molecular flexibility index (Phi) is 5.75. The second-order valence-corrected chi connectivity index (χ2v) is 5.78. The number of anilines is 1. The minimum atomic E-state index is -1.05. The van der Waals surface area contributed by atoms with Crippen molar-refractivity contribution in [2.24, 2.45) is 5.73 Å². The van der Waals surface area contributed by atoms with Crippen molar-refractivity contribution in [3.8, 4) is 0 Å². The van der Waals surface area contributed by atoms with Gasteiger partial charge in [0.05, 0.1) is 0 Å². The first-order valence-electron chi connectivity index (χ1n) is 7.03. The number of hydrogen-bond donors (Lipinski definition) is 1. The van der Waals surface area contributed by atoms with Crippen molar-refractivity contribution in [1.82, 2.24) is 0 Å². The molecule has 2 aromatic rings. The van der Waals surface area contributed by atoms with Gasteiger partial charge in [-0.25, -0.2) is 0 Å². The van der Waals surface area contributed by atoms with Gasteiger partial charge in [0.15, 0.2) is 0 Å². The lowest BCUT2D eigenvalue weighted by Crippen LogP contribution is -2.49. The van der Waals surface area contributed by atoms with Gasteiger partial charge in [-0.3, -0.25) is 4.79 Å². The van der Waals surface area contributed by atoms with E-state index in [0.717, 1.165) is 22.4 Å². The average molecular weight is 319 g/mol. The van der Waals surface area contributed by atoms with Crippen molar-refractivity contribution in [3.63, 3.8) is 0 Å². The Hall–Kier alpha value is -1.84. The number of aryl methyl sites for hydroxylation is 2. The molecule has 3 nitrogen and oxygen atoms in total. The minimum Gasteiger partial charge on any atom is -0.314 e. The van der Waals surface area contributed by atoms with Crippen molar-refractivity contribution in [2.75, 3.05) is 11.9 Å². The summed E-state index contributed by atoms with van der Waals surface area (Å²) in [4.78, 5) is 14.4. The molecular formula is C18H23ClN2O. The quantitative estimate of drug-likeness (QED) is 0.940. The zero-order valence-corrected chi connectivity index (χ0v) is 14.3. The van der Waals surface area contributed by atoms with Crippen LogP contribution in [0.1, 0.15) is 23.6 Å². The highest BCUT2D eigenvalue weighted by atomic mass is 35.5. The third kappa shape index (κ3) is 3.67. The number of hydrogen-bond acceptors (Lipinski definition) is 2. The molecule has 118 valence electrons. The number of nitrogens with two attached hydrogens (primary N) is 1. The van der Waals surface area contributed by atoms with E-state index >= 15 is 0 Å². The maximum absolute atomic E-state index is 12.8. The first-order valence-corrected chi connectivity index (χ1v) is 7.03. The van der Waals surface area contributed by atoms with Gasteiger partial charge in [-0.15, -0.1) is 12.4 Å². The van der Waals surface area contributed by atoms with Crippen LogP contribution in [0.15, 0.2) is 48.5 Å². The molecule has 0 bridgehead atoms. The molecule has 0 aliphatic rings. The van der Waals surface area contributed by atoms with E-state index in [4.69, 9.17) is 5.73 Å². The summed E-state index contributed by atoms with van der Waals surface area (Å²) in [6.45, 7) is 5.80. The molecule has 0 saturated heterocycles. The Morgan fingerprint density at radius 3 is 2.05 bits per heavy atom. The molecule has 22 heavy (non-hydrogen) atoms. The van der Waals surface area contributed by atoms with Crippen LogP contribution < -0.4 is 10.6 Å². The van der Waals surface area contributed by atoms with E-state index in [1.54, 1.807) is 18.9 Å². The summed E-state index contributed by atoms with van der Waals surface area (Å²) in [5, 5.41) is 0. The number of rotatable bonds is 3. The fourth-order valence-electron chi connectivity index (χ4n) is 2.52. The van der Waals surface area contributed by atoms with E-state index in [9.17, 15) is 4.79 Å². The first kappa shape index (κ1) is 18.2. The zero-order valence-electron chi connectivity index (χ0n) is 13.5. The minimum absolute atomic E-state index is 0. The molecule has 2 N–H and O–H groups in total. The zero-order chi connectivity index (χ0) is 15.6. The molecule has 0 aliphatic heterocycles. The molecule has 0 spiro atoms. The van der Waals surface area contributed by atoms with Gasteiger partial charge in [-0.05, 0) is 49.6 Å². The van der Waals surface area contributed by atoms with Crippen molar-refractivity contribution < 1.29 is 4.79 Å². The van der Waals surface area contributed by atoms with E-state index in [2.05, 4.69) is 6.07 Å². The maximum Gasteiger partial charge on any atom is 0.251 e. The summed E-state index contributed by atoms with van der Waals surface area (Å²) >= 11 is 0. The number of likely N-dealkylation sites (N-methyl/N-ethyl adjacent to an activating group) is 1. The maximum atomic E-state index is 12.8. The molecule has 0 aliphatic carbocycles. The third-order valence-corrected chi connectivity index (χ3v) is 3.72. The van der Waals surface area contributed by atoms with E-state index in [0.29, 0.717) is 0 Å². The number of amides is 1. The van der Waals surface area contributed by atoms with Gasteiger partial charge in [0, 0.05) is 12.7 Å². The van der Waals surface area contributed by atoms with E-state index in [1.807, 2.05) is 56.3 Å². The molecule has 0 aromatic heterocycles. The summed E-state index contributed by atoms with van der Waals surface area (Å²) in [7, 11) is 1.77. The van der Waals surface area contributed by atoms with Crippen molar-refractivity contribution in [3.05, 3.63) is 65.2 Å². The van der Waals surface area contributed by atoms with Gasteiger partial charge in [0.2, 0.25) is 0 Å². The van der Waals surface area contributed by atoms with E-state index < -0.39 is 5.54 Å². The predicted octanol–water partition coefficient (Wildman–Crippen LogP) is 3.56. The van der Waals surface area contributed by atoms with Gasteiger partial charge in [0.25, 0.3) is 5.91 Å². The van der Waals surface area contributed by atoms with Crippen molar-refractivity contribution in [1.29, 1.82) is 0 Å². The summed E-state index contributed by atoms with van der Waals surface area (Å²) in [5.41, 5.74) is 9.19. The largest absolute Gasteiger partial charge is 0.314 e. The van der Waals surface area contributed by atoms with Crippen LogP contribution in [0, 0.1) is 13.8 Å². The van der Waals surface area contributed by atoms with Crippen LogP contribution in [0.3, 0.4) is 0 Å². The highest BCUT2D eigenvalue weighted by Crippen LogP contribution is 2.24. The van der Waals surface area contributed by atoms with Crippen LogP contribution in [0.4, 0.5) is 5.69 Å². The van der Waals surface area contributed by atoms with Crippen LogP contribution in [0.5, 0.6) is 0 Å². The third-order valence-electron chi connectivity index (χ3n) is 3.72. The molecule has 2 rings (SSSR count). The standard InChI is InChI=1S/C18H22N2O.ClH/c1-13-10-14(2)12-16(11-13)20(4)17(21)18(3,19)15-8-6-5-7-9-15;/h5-12H,19H2,1-4H3;1H. The second-order valence-electron chi connectivity index (χ2n) is 5.78. The molecule has 4 heteroatoms. The number of carbonyl (C=O) groups is 1. The highest BCUT2D eigenvalue weighted by molar-refractivity contribution is 6.00. The summed E-state index contributed by atoms with van der Waals surface area (Å²) in [6, 6.07) is 15.5. The van der Waals surface area contributed by atoms with Crippen LogP contribution in [-0.2, 0) is 10.3 Å². The van der Waals surface area contributed by atoms with E-state index in [1.165, 1.54) is 0 Å². The normalized spacial score (nSPS) is 13.0. The Bertz CT molecular complexity index is 633. The molecule has 0 heterocycles. The van der Waals surface area contributed by atoms with Crippen LogP contribution in [0.25, 0.3) is 0 Å². The topological polar surface area (TPSA) is 46.3 Å². The Morgan fingerprint density at radius 1 is 1.05 bits per heavy atom. The lowest BCUT2D eigenvalue weighted by molar-refractivity contribution is -0.123. The Balaban J connectivity index is 0.00000242. The van der Waals surface area contributed by atoms with Crippen LogP contribution in [0.2, 0.25) is 0 Å². The molecule has 2 aromatic carbocycles. The van der Waals surface area contributed by atoms with Crippen molar-refractivity contribution in [2.45, 2.75) is 26.3 Å². The van der Waals surface area contributed by atoms with Gasteiger partial charge >= 0.3 is 0 Å². The fraction of sp³-hybridized carbons (Fsp3) is 0.278. The smallest absolute Gasteiger partial charge is 0.251 e. The summed E-state index contributed by atoms with van der Waals surface area (Å²) in [5.74, 6) is -0.126. The lowest BCUT2D eigenvalue weighted by Gasteiger charge is -2.30. The Labute approximate surface area is 138 Å². The summed E-state index contributed by atoms with van der Waals surface area (Å²) < 4.78 is 0. The fourth-order valence-corrected chi connectivity index (χ4v) is 2.52. The number of nitrogens with zero attached hydrogens (tertiary/aromatic N) is 1. The van der Waals surface area contributed by atoms with Crippen LogP contribution >= 0.6 is 12.4 Å². The predicted molar refractivity (Wildman–Crippen MR) is 94.6 cm³/mol. The molecule has 1 amide bonds. The Morgan fingerprint density at radius 2 is 1.55 bits per heavy atom. The van der Waals surface area contributed by atoms with Crippen LogP contribution in [-0.4, -0.2) is 13.0 Å². The van der Waals surface area contributed by atoms with Crippen molar-refractivity contribution >= 4 is 24.0 Å². The van der Waals surface area contributed by atoms with E-state index in [-0.39, 0.29) is 18.3 Å². The van der Waals surface area contributed by atoms with Gasteiger partial charge < -0.3 is 10.6 Å². The highest BCUT2D eigenvalue weighted by Gasteiger charge is 2.33. The molecule has 1 unspecified atom stereocenters. The lowest BCUT2D eigenvalue weighted by atomic mass is 9.91. The van der Waals surface area contributed by atoms with Gasteiger partial charge in [-0.1, -0.05) is 36.4 Å². The molecule has 0 radical (unpaired) electrons. The number of benzene rings is 2. The molecule has 0 saturated carbocycles. The second kappa shape index (κ2) is 6.95. The molecule has 1 atom stereocenters. The van der Waals surface area contributed by atoms with Gasteiger partial charge in [-0.2, -0.15) is 0 Å². The number of carbonyl (C=O) groups excluding carboxylic acids is 1. The average Bonchev–Trinajstić information content (AvgIpc) is 2.45. The monoisotopic (exact) mass is 318 g/mol.